The van der Waals surface area contributed by atoms with Crippen LogP contribution in [0.5, 0.6) is 0 Å². The van der Waals surface area contributed by atoms with Gasteiger partial charge in [-0.1, -0.05) is 24.3 Å². The second kappa shape index (κ2) is 7.77. The largest absolute Gasteiger partial charge is 0.411 e. The van der Waals surface area contributed by atoms with Gasteiger partial charge < -0.3 is 0 Å². The van der Waals surface area contributed by atoms with Crippen molar-refractivity contribution < 1.29 is 26.3 Å². The zero-order valence-corrected chi connectivity index (χ0v) is 15.4. The first-order valence-corrected chi connectivity index (χ1v) is 8.28. The fraction of sp³-hybridized carbons (Fsp3) is 0.300. The van der Waals surface area contributed by atoms with Gasteiger partial charge in [0.1, 0.15) is 0 Å². The maximum atomic E-state index is 14.0. The molecule has 2 nitrogen and oxygen atoms in total. The zero-order chi connectivity index (χ0) is 21.2. The standard InChI is InChI=1S/C20H18F6N2/c1-4-27-16-9-5-14(6-10-16)18(19(21,22)23,20(24,25)26)15-7-11-17(12-8-15)28-13(2)3/h4-12H,1-3H3. The van der Waals surface area contributed by atoms with Crippen LogP contribution < -0.4 is 0 Å². The lowest BCUT2D eigenvalue weighted by molar-refractivity contribution is -0.288. The normalized spacial score (nSPS) is 13.0. The van der Waals surface area contributed by atoms with Crippen LogP contribution in [0.15, 0.2) is 58.5 Å². The van der Waals surface area contributed by atoms with Gasteiger partial charge in [0.05, 0.1) is 11.4 Å². The van der Waals surface area contributed by atoms with E-state index in [1.807, 2.05) is 0 Å². The zero-order valence-electron chi connectivity index (χ0n) is 15.4. The molecule has 0 atom stereocenters. The molecule has 2 aromatic carbocycles. The van der Waals surface area contributed by atoms with E-state index in [0.29, 0.717) is 5.71 Å². The van der Waals surface area contributed by atoms with Gasteiger partial charge in [-0.15, -0.1) is 0 Å². The first-order valence-electron chi connectivity index (χ1n) is 8.28. The Bertz CT molecular complexity index is 842. The van der Waals surface area contributed by atoms with Crippen LogP contribution in [0.3, 0.4) is 0 Å². The lowest BCUT2D eigenvalue weighted by Crippen LogP contribution is -2.54. The maximum absolute atomic E-state index is 14.0. The Hall–Kier alpha value is -2.64. The Morgan fingerprint density at radius 3 is 1.43 bits per heavy atom. The quantitative estimate of drug-likeness (QED) is 0.393. The molecule has 0 fully saturated rings. The van der Waals surface area contributed by atoms with Crippen LogP contribution in [0.4, 0.5) is 37.7 Å². The number of hydrogen-bond donors (Lipinski definition) is 0. The Balaban J connectivity index is 2.77. The summed E-state index contributed by atoms with van der Waals surface area (Å²) in [6.45, 7) is 4.93. The van der Waals surface area contributed by atoms with Crippen molar-refractivity contribution in [1.29, 1.82) is 0 Å². The monoisotopic (exact) mass is 400 g/mol. The molecule has 0 saturated heterocycles. The van der Waals surface area contributed by atoms with Gasteiger partial charge in [-0.3, -0.25) is 9.98 Å². The van der Waals surface area contributed by atoms with Gasteiger partial charge in [0.15, 0.2) is 0 Å². The molecule has 0 aliphatic carbocycles. The van der Waals surface area contributed by atoms with Gasteiger partial charge in [0.25, 0.3) is 0 Å². The average molecular weight is 400 g/mol. The molecule has 8 heteroatoms. The Labute approximate surface area is 158 Å². The third-order valence-electron chi connectivity index (χ3n) is 4.08. The summed E-state index contributed by atoms with van der Waals surface area (Å²) in [4.78, 5) is 7.91. The van der Waals surface area contributed by atoms with Crippen LogP contribution in [0.2, 0.25) is 0 Å². The Morgan fingerprint density at radius 1 is 0.714 bits per heavy atom. The van der Waals surface area contributed by atoms with Crippen LogP contribution >= 0.6 is 0 Å². The molecule has 150 valence electrons. The third-order valence-corrected chi connectivity index (χ3v) is 4.08. The summed E-state index contributed by atoms with van der Waals surface area (Å²) in [5.74, 6) is 0. The fourth-order valence-corrected chi connectivity index (χ4v) is 2.97. The van der Waals surface area contributed by atoms with E-state index in [4.69, 9.17) is 0 Å². The number of alkyl halides is 6. The van der Waals surface area contributed by atoms with E-state index in [0.717, 1.165) is 48.5 Å². The van der Waals surface area contributed by atoms with Gasteiger partial charge in [-0.2, -0.15) is 26.3 Å². The molecule has 0 saturated carbocycles. The molecule has 0 radical (unpaired) electrons. The average Bonchev–Trinajstić information content (AvgIpc) is 2.56. The van der Waals surface area contributed by atoms with Gasteiger partial charge in [0, 0.05) is 11.9 Å². The molecule has 0 spiro atoms. The van der Waals surface area contributed by atoms with Crippen LogP contribution in [0, 0.1) is 0 Å². The summed E-state index contributed by atoms with van der Waals surface area (Å²) in [6, 6.07) is 7.80. The molecular formula is C20H18F6N2. The van der Waals surface area contributed by atoms with E-state index in [2.05, 4.69) is 9.98 Å². The van der Waals surface area contributed by atoms with Crippen molar-refractivity contribution in [3.05, 3.63) is 59.7 Å². The van der Waals surface area contributed by atoms with Crippen molar-refractivity contribution in [3.8, 4) is 0 Å². The van der Waals surface area contributed by atoms with Gasteiger partial charge in [-0.05, 0) is 56.2 Å². The van der Waals surface area contributed by atoms with Crippen molar-refractivity contribution >= 4 is 23.3 Å². The molecule has 2 aromatic rings. The predicted octanol–water partition coefficient (Wildman–Crippen LogP) is 6.93. The SMILES string of the molecule is CC=Nc1ccc(C(c2ccc(N=C(C)C)cc2)(C(F)(F)F)C(F)(F)F)cc1. The lowest BCUT2D eigenvalue weighted by atomic mass is 9.73. The summed E-state index contributed by atoms with van der Waals surface area (Å²) in [6.07, 6.45) is -9.84. The summed E-state index contributed by atoms with van der Waals surface area (Å²) in [5.41, 5.74) is -4.87. The minimum absolute atomic E-state index is 0.257. The summed E-state index contributed by atoms with van der Waals surface area (Å²) < 4.78 is 84.1. The minimum atomic E-state index is -5.62. The molecule has 28 heavy (non-hydrogen) atoms. The smallest absolute Gasteiger partial charge is 0.262 e. The highest BCUT2D eigenvalue weighted by molar-refractivity contribution is 5.82. The minimum Gasteiger partial charge on any atom is -0.262 e. The Morgan fingerprint density at radius 2 is 1.11 bits per heavy atom. The molecule has 2 rings (SSSR count). The van der Waals surface area contributed by atoms with Crippen LogP contribution in [0.25, 0.3) is 0 Å². The molecule has 0 aliphatic rings. The molecule has 0 unspecified atom stereocenters. The summed E-state index contributed by atoms with van der Waals surface area (Å²) in [7, 11) is 0. The molecule has 0 heterocycles. The molecule has 0 bridgehead atoms. The highest BCUT2D eigenvalue weighted by Crippen LogP contribution is 2.56. The van der Waals surface area contributed by atoms with Crippen LogP contribution in [0.1, 0.15) is 31.9 Å². The van der Waals surface area contributed by atoms with E-state index in [1.165, 1.54) is 6.21 Å². The first-order chi connectivity index (χ1) is 12.9. The third kappa shape index (κ3) is 3.95. The molecule has 0 aliphatic heterocycles. The van der Waals surface area contributed by atoms with Crippen molar-refractivity contribution in [3.63, 3.8) is 0 Å². The highest BCUT2D eigenvalue weighted by atomic mass is 19.4. The van der Waals surface area contributed by atoms with Gasteiger partial charge >= 0.3 is 12.4 Å². The predicted molar refractivity (Wildman–Crippen MR) is 98.0 cm³/mol. The topological polar surface area (TPSA) is 24.7 Å². The molecule has 0 N–H and O–H groups in total. The van der Waals surface area contributed by atoms with Crippen molar-refractivity contribution in [2.24, 2.45) is 9.98 Å². The number of nitrogens with zero attached hydrogens (tertiary/aromatic N) is 2. The highest BCUT2D eigenvalue weighted by Gasteiger charge is 2.72. The maximum Gasteiger partial charge on any atom is 0.411 e. The number of benzene rings is 2. The van der Waals surface area contributed by atoms with E-state index < -0.39 is 28.9 Å². The number of halogens is 6. The molecular weight excluding hydrogens is 382 g/mol. The number of rotatable bonds is 4. The van der Waals surface area contributed by atoms with Crippen molar-refractivity contribution in [2.75, 3.05) is 0 Å². The fourth-order valence-electron chi connectivity index (χ4n) is 2.97. The van der Waals surface area contributed by atoms with E-state index in [9.17, 15) is 26.3 Å². The van der Waals surface area contributed by atoms with Crippen LogP contribution in [-0.4, -0.2) is 24.3 Å². The molecule has 0 aromatic heterocycles. The second-order valence-corrected chi connectivity index (χ2v) is 6.29. The molecule has 0 amide bonds. The van der Waals surface area contributed by atoms with Gasteiger partial charge in [0.2, 0.25) is 5.41 Å². The first kappa shape index (κ1) is 21.7. The van der Waals surface area contributed by atoms with E-state index in [1.54, 1.807) is 20.8 Å². The number of hydrogen-bond acceptors (Lipinski definition) is 2. The van der Waals surface area contributed by atoms with Gasteiger partial charge in [-0.25, -0.2) is 0 Å². The van der Waals surface area contributed by atoms with E-state index in [-0.39, 0.29) is 11.4 Å². The van der Waals surface area contributed by atoms with E-state index >= 15 is 0 Å². The lowest BCUT2D eigenvalue weighted by Gasteiger charge is -2.38. The summed E-state index contributed by atoms with van der Waals surface area (Å²) in [5, 5.41) is 0. The van der Waals surface area contributed by atoms with Crippen molar-refractivity contribution in [2.45, 2.75) is 38.5 Å². The second-order valence-electron chi connectivity index (χ2n) is 6.29. The Kier molecular flexibility index (Phi) is 6.01. The number of aliphatic imine (C=N–C) groups is 2. The van der Waals surface area contributed by atoms with Crippen LogP contribution in [-0.2, 0) is 5.41 Å². The summed E-state index contributed by atoms with van der Waals surface area (Å²) >= 11 is 0. The van der Waals surface area contributed by atoms with Crippen molar-refractivity contribution in [1.82, 2.24) is 0 Å².